The monoisotopic (exact) mass is 413 g/mol. The van der Waals surface area contributed by atoms with Gasteiger partial charge in [-0.25, -0.2) is 4.98 Å². The molecule has 0 saturated heterocycles. The second kappa shape index (κ2) is 6.35. The van der Waals surface area contributed by atoms with Crippen molar-refractivity contribution in [3.05, 3.63) is 63.3 Å². The van der Waals surface area contributed by atoms with Crippen LogP contribution in [0.5, 0.6) is 0 Å². The van der Waals surface area contributed by atoms with E-state index < -0.39 is 0 Å². The summed E-state index contributed by atoms with van der Waals surface area (Å²) in [6, 6.07) is 10.1. The number of hydrogen-bond acceptors (Lipinski definition) is 4. The number of carbonyl (C=O) groups is 1. The average Bonchev–Trinajstić information content (AvgIpc) is 3.14. The molecule has 4 rings (SSSR count). The molecule has 0 saturated carbocycles. The number of halogens is 1. The number of thiazole rings is 1. The molecule has 3 aromatic rings. The van der Waals surface area contributed by atoms with Gasteiger partial charge in [0.1, 0.15) is 9.88 Å². The van der Waals surface area contributed by atoms with Gasteiger partial charge in [-0.3, -0.25) is 9.78 Å². The molecule has 1 unspecified atom stereocenters. The highest BCUT2D eigenvalue weighted by molar-refractivity contribution is 9.10. The SMILES string of the molecule is Cc1nc(-c2cccnc2)sc1C(=O)N1c2ccc(Br)cc2CC1C. The summed E-state index contributed by atoms with van der Waals surface area (Å²) in [5, 5.41) is 0.830. The van der Waals surface area contributed by atoms with Crippen LogP contribution < -0.4 is 4.90 Å². The molecule has 0 radical (unpaired) electrons. The van der Waals surface area contributed by atoms with E-state index in [1.807, 2.05) is 36.1 Å². The van der Waals surface area contributed by atoms with Gasteiger partial charge in [0.05, 0.1) is 5.69 Å². The smallest absolute Gasteiger partial charge is 0.270 e. The molecule has 25 heavy (non-hydrogen) atoms. The van der Waals surface area contributed by atoms with Crippen LogP contribution in [0.4, 0.5) is 5.69 Å². The van der Waals surface area contributed by atoms with E-state index in [4.69, 9.17) is 0 Å². The van der Waals surface area contributed by atoms with Crippen LogP contribution >= 0.6 is 27.3 Å². The normalized spacial score (nSPS) is 16.1. The molecule has 1 aliphatic rings. The molecular weight excluding hydrogens is 398 g/mol. The first-order valence-corrected chi connectivity index (χ1v) is 9.65. The fraction of sp³-hybridized carbons (Fsp3) is 0.211. The lowest BCUT2D eigenvalue weighted by molar-refractivity contribution is 0.0984. The molecule has 1 aromatic carbocycles. The van der Waals surface area contributed by atoms with E-state index in [0.717, 1.165) is 32.8 Å². The number of carbonyl (C=O) groups excluding carboxylic acids is 1. The van der Waals surface area contributed by atoms with Crippen molar-refractivity contribution >= 4 is 38.9 Å². The highest BCUT2D eigenvalue weighted by Crippen LogP contribution is 2.37. The predicted octanol–water partition coefficient (Wildman–Crippen LogP) is 4.87. The number of amides is 1. The minimum absolute atomic E-state index is 0.0266. The van der Waals surface area contributed by atoms with Crippen LogP contribution in [0.2, 0.25) is 0 Å². The Morgan fingerprint density at radius 2 is 2.20 bits per heavy atom. The number of aryl methyl sites for hydroxylation is 1. The number of aromatic nitrogens is 2. The van der Waals surface area contributed by atoms with Crippen molar-refractivity contribution in [2.24, 2.45) is 0 Å². The fourth-order valence-corrected chi connectivity index (χ4v) is 4.63. The molecule has 1 aliphatic heterocycles. The minimum atomic E-state index is 0.0266. The van der Waals surface area contributed by atoms with Crippen LogP contribution in [-0.2, 0) is 6.42 Å². The van der Waals surface area contributed by atoms with Gasteiger partial charge in [0.25, 0.3) is 5.91 Å². The number of benzene rings is 1. The van der Waals surface area contributed by atoms with E-state index in [0.29, 0.717) is 4.88 Å². The quantitative estimate of drug-likeness (QED) is 0.601. The van der Waals surface area contributed by atoms with Crippen molar-refractivity contribution in [3.63, 3.8) is 0 Å². The third-order valence-corrected chi connectivity index (χ3v) is 6.06. The van der Waals surface area contributed by atoms with E-state index in [2.05, 4.69) is 38.9 Å². The zero-order valence-corrected chi connectivity index (χ0v) is 16.3. The number of hydrogen-bond donors (Lipinski definition) is 0. The van der Waals surface area contributed by atoms with Crippen LogP contribution in [0.15, 0.2) is 47.2 Å². The van der Waals surface area contributed by atoms with Crippen molar-refractivity contribution in [2.75, 3.05) is 4.90 Å². The largest absolute Gasteiger partial charge is 0.304 e. The predicted molar refractivity (Wildman–Crippen MR) is 104 cm³/mol. The molecule has 0 fully saturated rings. The molecule has 0 N–H and O–H groups in total. The topological polar surface area (TPSA) is 46.1 Å². The Kier molecular flexibility index (Phi) is 4.17. The van der Waals surface area contributed by atoms with Gasteiger partial charge in [-0.2, -0.15) is 0 Å². The van der Waals surface area contributed by atoms with Gasteiger partial charge in [0, 0.05) is 34.2 Å². The van der Waals surface area contributed by atoms with Crippen molar-refractivity contribution in [1.29, 1.82) is 0 Å². The molecule has 3 heterocycles. The van der Waals surface area contributed by atoms with Gasteiger partial charge in [-0.05, 0) is 56.2 Å². The molecular formula is C19H16BrN3OS. The lowest BCUT2D eigenvalue weighted by Gasteiger charge is -2.22. The molecule has 1 amide bonds. The van der Waals surface area contributed by atoms with Crippen LogP contribution in [0.1, 0.15) is 27.9 Å². The first-order chi connectivity index (χ1) is 12.0. The number of anilines is 1. The molecule has 2 aromatic heterocycles. The van der Waals surface area contributed by atoms with Crippen molar-refractivity contribution in [1.82, 2.24) is 9.97 Å². The number of fused-ring (bicyclic) bond motifs is 1. The highest BCUT2D eigenvalue weighted by atomic mass is 79.9. The van der Waals surface area contributed by atoms with Gasteiger partial charge >= 0.3 is 0 Å². The molecule has 0 bridgehead atoms. The standard InChI is InChI=1S/C19H16BrN3OS/c1-11-8-14-9-15(20)5-6-16(14)23(11)19(24)17-12(2)22-18(25-17)13-4-3-7-21-10-13/h3-7,9-11H,8H2,1-2H3. The number of nitrogens with zero attached hydrogens (tertiary/aromatic N) is 3. The summed E-state index contributed by atoms with van der Waals surface area (Å²) >= 11 is 4.95. The summed E-state index contributed by atoms with van der Waals surface area (Å²) in [6.07, 6.45) is 4.38. The van der Waals surface area contributed by atoms with Crippen molar-refractivity contribution in [2.45, 2.75) is 26.3 Å². The van der Waals surface area contributed by atoms with Gasteiger partial charge < -0.3 is 4.90 Å². The second-order valence-corrected chi connectivity index (χ2v) is 8.09. The Labute approximate surface area is 158 Å². The van der Waals surface area contributed by atoms with Crippen LogP contribution in [0, 0.1) is 6.92 Å². The zero-order chi connectivity index (χ0) is 17.6. The fourth-order valence-electron chi connectivity index (χ4n) is 3.23. The van der Waals surface area contributed by atoms with Crippen LogP contribution in [0.25, 0.3) is 10.6 Å². The Balaban J connectivity index is 1.72. The number of pyridine rings is 1. The Hall–Kier alpha value is -2.05. The molecule has 6 heteroatoms. The van der Waals surface area contributed by atoms with Gasteiger partial charge in [0.2, 0.25) is 0 Å². The van der Waals surface area contributed by atoms with E-state index in [1.165, 1.54) is 16.9 Å². The van der Waals surface area contributed by atoms with E-state index in [-0.39, 0.29) is 11.9 Å². The van der Waals surface area contributed by atoms with Gasteiger partial charge in [-0.15, -0.1) is 11.3 Å². The zero-order valence-electron chi connectivity index (χ0n) is 13.9. The Morgan fingerprint density at radius 1 is 1.36 bits per heavy atom. The average molecular weight is 414 g/mol. The third-order valence-electron chi connectivity index (χ3n) is 4.38. The maximum atomic E-state index is 13.2. The molecule has 1 atom stereocenters. The summed E-state index contributed by atoms with van der Waals surface area (Å²) in [4.78, 5) is 24.6. The molecule has 0 aliphatic carbocycles. The number of rotatable bonds is 2. The molecule has 4 nitrogen and oxygen atoms in total. The maximum absolute atomic E-state index is 13.2. The second-order valence-electron chi connectivity index (χ2n) is 6.18. The first-order valence-electron chi connectivity index (χ1n) is 8.04. The summed E-state index contributed by atoms with van der Waals surface area (Å²) < 4.78 is 1.04. The van der Waals surface area contributed by atoms with Crippen molar-refractivity contribution in [3.8, 4) is 10.6 Å². The molecule has 126 valence electrons. The van der Waals surface area contributed by atoms with E-state index in [1.54, 1.807) is 12.4 Å². The van der Waals surface area contributed by atoms with Gasteiger partial charge in [-0.1, -0.05) is 15.9 Å². The minimum Gasteiger partial charge on any atom is -0.304 e. The highest BCUT2D eigenvalue weighted by Gasteiger charge is 2.33. The first kappa shape index (κ1) is 16.4. The van der Waals surface area contributed by atoms with E-state index in [9.17, 15) is 4.79 Å². The van der Waals surface area contributed by atoms with E-state index >= 15 is 0 Å². The lowest BCUT2D eigenvalue weighted by Crippen LogP contribution is -2.35. The summed E-state index contributed by atoms with van der Waals surface area (Å²) in [5.74, 6) is 0.0266. The van der Waals surface area contributed by atoms with Crippen molar-refractivity contribution < 1.29 is 4.79 Å². The van der Waals surface area contributed by atoms with Crippen LogP contribution in [-0.4, -0.2) is 21.9 Å². The molecule has 0 spiro atoms. The lowest BCUT2D eigenvalue weighted by atomic mass is 10.1. The Morgan fingerprint density at radius 3 is 2.96 bits per heavy atom. The summed E-state index contributed by atoms with van der Waals surface area (Å²) in [7, 11) is 0. The van der Waals surface area contributed by atoms with Gasteiger partial charge in [0.15, 0.2) is 0 Å². The van der Waals surface area contributed by atoms with Crippen LogP contribution in [0.3, 0.4) is 0 Å². The summed E-state index contributed by atoms with van der Waals surface area (Å²) in [5.41, 5.74) is 3.90. The third kappa shape index (κ3) is 2.89. The summed E-state index contributed by atoms with van der Waals surface area (Å²) in [6.45, 7) is 3.98. The maximum Gasteiger partial charge on any atom is 0.270 e. The Bertz CT molecular complexity index is 955.